The lowest BCUT2D eigenvalue weighted by molar-refractivity contribution is 0.101. The van der Waals surface area contributed by atoms with Crippen LogP contribution in [0.15, 0.2) is 22.6 Å². The van der Waals surface area contributed by atoms with Crippen molar-refractivity contribution in [2.24, 2.45) is 5.92 Å². The molecule has 1 N–H and O–H groups in total. The number of hydrogen-bond donors (Lipinski definition) is 1. The molecule has 0 amide bonds. The zero-order chi connectivity index (χ0) is 19.4. The van der Waals surface area contributed by atoms with E-state index in [1.54, 1.807) is 18.2 Å². The van der Waals surface area contributed by atoms with Gasteiger partial charge in [0.1, 0.15) is 11.8 Å². The van der Waals surface area contributed by atoms with E-state index in [2.05, 4.69) is 21.3 Å². The van der Waals surface area contributed by atoms with Gasteiger partial charge in [-0.2, -0.15) is 5.26 Å². The standard InChI is InChI=1S/C21H26N4O2/c1-14-16(3)27-21(24-14)13-25-8-6-17(7-9-25)12-23-20-10-18(15(2)26)4-5-19(20)11-22/h4-5,10,17,23H,6-9,12-13H2,1-3H3. The maximum atomic E-state index is 11.6. The molecule has 6 heteroatoms. The molecule has 0 radical (unpaired) electrons. The third-order valence-electron chi connectivity index (χ3n) is 5.27. The summed E-state index contributed by atoms with van der Waals surface area (Å²) in [6.07, 6.45) is 2.17. The van der Waals surface area contributed by atoms with Crippen molar-refractivity contribution in [3.05, 3.63) is 46.7 Å². The monoisotopic (exact) mass is 366 g/mol. The summed E-state index contributed by atoms with van der Waals surface area (Å²) in [5, 5.41) is 12.7. The van der Waals surface area contributed by atoms with Crippen molar-refractivity contribution in [2.45, 2.75) is 40.2 Å². The number of nitrogens with zero attached hydrogens (tertiary/aromatic N) is 3. The minimum Gasteiger partial charge on any atom is -0.444 e. The second kappa shape index (κ2) is 8.36. The van der Waals surface area contributed by atoms with E-state index in [0.717, 1.165) is 62.1 Å². The number of benzene rings is 1. The number of aryl methyl sites for hydroxylation is 2. The van der Waals surface area contributed by atoms with Crippen LogP contribution >= 0.6 is 0 Å². The van der Waals surface area contributed by atoms with Crippen LogP contribution in [0.1, 0.15) is 53.0 Å². The lowest BCUT2D eigenvalue weighted by atomic mass is 9.96. The van der Waals surface area contributed by atoms with Gasteiger partial charge in [0.25, 0.3) is 0 Å². The highest BCUT2D eigenvalue weighted by Gasteiger charge is 2.21. The van der Waals surface area contributed by atoms with Gasteiger partial charge in [0.15, 0.2) is 5.78 Å². The molecule has 142 valence electrons. The van der Waals surface area contributed by atoms with Crippen LogP contribution in [-0.4, -0.2) is 35.3 Å². The number of carbonyl (C=O) groups excluding carboxylic acids is 1. The fourth-order valence-corrected chi connectivity index (χ4v) is 3.41. The van der Waals surface area contributed by atoms with Crippen molar-refractivity contribution in [3.8, 4) is 6.07 Å². The highest BCUT2D eigenvalue weighted by Crippen LogP contribution is 2.22. The van der Waals surface area contributed by atoms with E-state index in [-0.39, 0.29) is 5.78 Å². The van der Waals surface area contributed by atoms with Gasteiger partial charge in [-0.25, -0.2) is 4.98 Å². The Kier molecular flexibility index (Phi) is 5.92. The zero-order valence-electron chi connectivity index (χ0n) is 16.2. The Bertz CT molecular complexity index is 838. The number of aromatic nitrogens is 1. The number of anilines is 1. The quantitative estimate of drug-likeness (QED) is 0.785. The van der Waals surface area contributed by atoms with Gasteiger partial charge in [-0.1, -0.05) is 0 Å². The molecule has 0 aliphatic carbocycles. The Morgan fingerprint density at radius 2 is 2.11 bits per heavy atom. The molecule has 0 unspecified atom stereocenters. The van der Waals surface area contributed by atoms with Crippen molar-refractivity contribution in [1.29, 1.82) is 5.26 Å². The van der Waals surface area contributed by atoms with Gasteiger partial charge < -0.3 is 9.73 Å². The predicted molar refractivity (Wildman–Crippen MR) is 104 cm³/mol. The number of piperidine rings is 1. The molecule has 1 aromatic heterocycles. The highest BCUT2D eigenvalue weighted by molar-refractivity contribution is 5.95. The molecule has 1 saturated heterocycles. The van der Waals surface area contributed by atoms with E-state index >= 15 is 0 Å². The van der Waals surface area contributed by atoms with E-state index < -0.39 is 0 Å². The van der Waals surface area contributed by atoms with Crippen LogP contribution in [0, 0.1) is 31.1 Å². The first-order valence-corrected chi connectivity index (χ1v) is 9.40. The third kappa shape index (κ3) is 4.75. The number of rotatable bonds is 6. The van der Waals surface area contributed by atoms with E-state index in [4.69, 9.17) is 4.42 Å². The Morgan fingerprint density at radius 3 is 2.70 bits per heavy atom. The molecular weight excluding hydrogens is 340 g/mol. The van der Waals surface area contributed by atoms with Gasteiger partial charge in [-0.3, -0.25) is 9.69 Å². The number of ketones is 1. The number of carbonyl (C=O) groups is 1. The number of hydrogen-bond acceptors (Lipinski definition) is 6. The van der Waals surface area contributed by atoms with Crippen LogP contribution in [0.4, 0.5) is 5.69 Å². The normalized spacial score (nSPS) is 15.5. The summed E-state index contributed by atoms with van der Waals surface area (Å²) in [6, 6.07) is 7.39. The SMILES string of the molecule is CC(=O)c1ccc(C#N)c(NCC2CCN(Cc3nc(C)c(C)o3)CC2)c1. The lowest BCUT2D eigenvalue weighted by Crippen LogP contribution is -2.35. The Balaban J connectivity index is 1.52. The largest absolute Gasteiger partial charge is 0.444 e. The molecule has 3 rings (SSSR count). The summed E-state index contributed by atoms with van der Waals surface area (Å²) in [7, 11) is 0. The summed E-state index contributed by atoms with van der Waals surface area (Å²) in [5.41, 5.74) is 2.92. The van der Waals surface area contributed by atoms with Crippen LogP contribution in [0.2, 0.25) is 0 Å². The predicted octanol–water partition coefficient (Wildman–Crippen LogP) is 3.69. The second-order valence-electron chi connectivity index (χ2n) is 7.28. The smallest absolute Gasteiger partial charge is 0.208 e. The molecule has 2 heterocycles. The molecule has 0 bridgehead atoms. The van der Waals surface area contributed by atoms with Gasteiger partial charge in [0.2, 0.25) is 5.89 Å². The average Bonchev–Trinajstić information content (AvgIpc) is 2.98. The first kappa shape index (κ1) is 19.1. The fraction of sp³-hybridized carbons (Fsp3) is 0.476. The summed E-state index contributed by atoms with van der Waals surface area (Å²) in [6.45, 7) is 9.03. The summed E-state index contributed by atoms with van der Waals surface area (Å²) >= 11 is 0. The molecule has 1 aliphatic heterocycles. The van der Waals surface area contributed by atoms with Gasteiger partial charge in [0.05, 0.1) is 23.5 Å². The summed E-state index contributed by atoms with van der Waals surface area (Å²) in [5.74, 6) is 2.24. The molecule has 6 nitrogen and oxygen atoms in total. The van der Waals surface area contributed by atoms with Gasteiger partial charge in [-0.15, -0.1) is 0 Å². The van der Waals surface area contributed by atoms with Gasteiger partial charge in [0, 0.05) is 12.1 Å². The van der Waals surface area contributed by atoms with Crippen molar-refractivity contribution in [3.63, 3.8) is 0 Å². The van der Waals surface area contributed by atoms with E-state index in [1.807, 2.05) is 13.8 Å². The zero-order valence-corrected chi connectivity index (χ0v) is 16.2. The first-order chi connectivity index (χ1) is 13.0. The van der Waals surface area contributed by atoms with Crippen LogP contribution in [0.5, 0.6) is 0 Å². The van der Waals surface area contributed by atoms with E-state index in [0.29, 0.717) is 17.0 Å². The molecule has 1 fully saturated rings. The molecular formula is C21H26N4O2. The van der Waals surface area contributed by atoms with Gasteiger partial charge in [-0.05, 0) is 70.8 Å². The number of oxazole rings is 1. The first-order valence-electron chi connectivity index (χ1n) is 9.40. The number of nitriles is 1. The molecule has 2 aromatic rings. The number of likely N-dealkylation sites (tertiary alicyclic amines) is 1. The molecule has 0 spiro atoms. The van der Waals surface area contributed by atoms with Crippen molar-refractivity contribution in [2.75, 3.05) is 25.0 Å². The topological polar surface area (TPSA) is 82.2 Å². The highest BCUT2D eigenvalue weighted by atomic mass is 16.4. The number of nitrogens with one attached hydrogen (secondary N) is 1. The van der Waals surface area contributed by atoms with Crippen LogP contribution in [-0.2, 0) is 6.54 Å². The summed E-state index contributed by atoms with van der Waals surface area (Å²) < 4.78 is 5.68. The van der Waals surface area contributed by atoms with Crippen LogP contribution in [0.3, 0.4) is 0 Å². The van der Waals surface area contributed by atoms with Crippen molar-refractivity contribution < 1.29 is 9.21 Å². The minimum absolute atomic E-state index is 0.00728. The Morgan fingerprint density at radius 1 is 1.37 bits per heavy atom. The van der Waals surface area contributed by atoms with Crippen molar-refractivity contribution in [1.82, 2.24) is 9.88 Å². The fourth-order valence-electron chi connectivity index (χ4n) is 3.41. The third-order valence-corrected chi connectivity index (χ3v) is 5.27. The van der Waals surface area contributed by atoms with E-state index in [9.17, 15) is 10.1 Å². The molecule has 0 saturated carbocycles. The van der Waals surface area contributed by atoms with Gasteiger partial charge >= 0.3 is 0 Å². The van der Waals surface area contributed by atoms with E-state index in [1.165, 1.54) is 6.92 Å². The second-order valence-corrected chi connectivity index (χ2v) is 7.28. The molecule has 1 aliphatic rings. The molecule has 27 heavy (non-hydrogen) atoms. The van der Waals surface area contributed by atoms with Crippen LogP contribution in [0.25, 0.3) is 0 Å². The maximum Gasteiger partial charge on any atom is 0.208 e. The van der Waals surface area contributed by atoms with Crippen molar-refractivity contribution >= 4 is 11.5 Å². The van der Waals surface area contributed by atoms with Crippen LogP contribution < -0.4 is 5.32 Å². The average molecular weight is 366 g/mol. The maximum absolute atomic E-state index is 11.6. The number of Topliss-reactive ketones (excluding diaryl/α,β-unsaturated/α-hetero) is 1. The minimum atomic E-state index is 0.00728. The summed E-state index contributed by atoms with van der Waals surface area (Å²) in [4.78, 5) is 18.4. The Labute approximate surface area is 160 Å². The Hall–Kier alpha value is -2.65. The molecule has 0 atom stereocenters. The molecule has 1 aromatic carbocycles. The lowest BCUT2D eigenvalue weighted by Gasteiger charge is -2.31.